The lowest BCUT2D eigenvalue weighted by Crippen LogP contribution is -2.35. The first-order valence-corrected chi connectivity index (χ1v) is 11.6. The van der Waals surface area contributed by atoms with Gasteiger partial charge in [-0.2, -0.15) is 0 Å². The first-order valence-electron chi connectivity index (χ1n) is 10.1. The Hall–Kier alpha value is -2.09. The molecule has 0 saturated carbocycles. The van der Waals surface area contributed by atoms with E-state index >= 15 is 0 Å². The minimum absolute atomic E-state index is 0.274. The molecule has 4 rings (SSSR count). The second-order valence-electron chi connectivity index (χ2n) is 7.76. The number of hydrogen-bond acceptors (Lipinski definition) is 5. The summed E-state index contributed by atoms with van der Waals surface area (Å²) in [5.74, 6) is 1.60. The standard InChI is InChI=1S/C22H28N2O4S/c1-16-5-8-22(17(2)14-16)29(25,26)23-9-11-24-10-3-4-19(24)18-6-7-20-21(15-18)28-13-12-27-20/h5-8,14-15,19,23H,3-4,9-13H2,1-2H3. The van der Waals surface area contributed by atoms with Crippen molar-refractivity contribution in [2.75, 3.05) is 32.8 Å². The van der Waals surface area contributed by atoms with Gasteiger partial charge >= 0.3 is 0 Å². The van der Waals surface area contributed by atoms with Gasteiger partial charge in [-0.1, -0.05) is 23.8 Å². The van der Waals surface area contributed by atoms with Crippen molar-refractivity contribution in [3.63, 3.8) is 0 Å². The molecule has 0 spiro atoms. The molecule has 2 aliphatic rings. The normalized spacial score (nSPS) is 19.4. The molecule has 2 aliphatic heterocycles. The van der Waals surface area contributed by atoms with E-state index in [1.54, 1.807) is 6.07 Å². The molecule has 1 atom stereocenters. The molecule has 1 unspecified atom stereocenters. The highest BCUT2D eigenvalue weighted by atomic mass is 32.2. The number of ether oxygens (including phenoxy) is 2. The van der Waals surface area contributed by atoms with Gasteiger partial charge in [0, 0.05) is 19.1 Å². The topological polar surface area (TPSA) is 67.9 Å². The van der Waals surface area contributed by atoms with Crippen LogP contribution < -0.4 is 14.2 Å². The van der Waals surface area contributed by atoms with E-state index in [1.807, 2.05) is 32.0 Å². The zero-order chi connectivity index (χ0) is 20.4. The Balaban J connectivity index is 1.40. The van der Waals surface area contributed by atoms with Crippen LogP contribution in [0.4, 0.5) is 0 Å². The number of benzene rings is 2. The fraction of sp³-hybridized carbons (Fsp3) is 0.455. The number of rotatable bonds is 6. The fourth-order valence-corrected chi connectivity index (χ4v) is 5.49. The average molecular weight is 417 g/mol. The van der Waals surface area contributed by atoms with Gasteiger partial charge in [0.25, 0.3) is 0 Å². The number of sulfonamides is 1. The van der Waals surface area contributed by atoms with Crippen LogP contribution in [0.1, 0.15) is 35.6 Å². The van der Waals surface area contributed by atoms with Gasteiger partial charge in [0.15, 0.2) is 11.5 Å². The number of nitrogens with one attached hydrogen (secondary N) is 1. The van der Waals surface area contributed by atoms with Gasteiger partial charge in [0.1, 0.15) is 13.2 Å². The Labute approximate surface area is 172 Å². The molecule has 29 heavy (non-hydrogen) atoms. The van der Waals surface area contributed by atoms with Crippen LogP contribution in [0, 0.1) is 13.8 Å². The van der Waals surface area contributed by atoms with Gasteiger partial charge in [-0.25, -0.2) is 13.1 Å². The maximum Gasteiger partial charge on any atom is 0.240 e. The molecule has 0 radical (unpaired) electrons. The Kier molecular flexibility index (Phi) is 5.81. The number of likely N-dealkylation sites (tertiary alicyclic amines) is 1. The summed E-state index contributed by atoms with van der Waals surface area (Å²) in [6.45, 7) is 6.97. The average Bonchev–Trinajstić information content (AvgIpc) is 3.15. The molecule has 1 fully saturated rings. The van der Waals surface area contributed by atoms with Crippen LogP contribution in [0.2, 0.25) is 0 Å². The van der Waals surface area contributed by atoms with E-state index in [1.165, 1.54) is 5.56 Å². The van der Waals surface area contributed by atoms with Crippen LogP contribution in [0.5, 0.6) is 11.5 Å². The Morgan fingerprint density at radius 1 is 1.07 bits per heavy atom. The van der Waals surface area contributed by atoms with Gasteiger partial charge < -0.3 is 9.47 Å². The lowest BCUT2D eigenvalue weighted by atomic mass is 10.0. The van der Waals surface area contributed by atoms with Crippen molar-refractivity contribution in [3.8, 4) is 11.5 Å². The van der Waals surface area contributed by atoms with E-state index in [-0.39, 0.29) is 6.04 Å². The molecular formula is C22H28N2O4S. The van der Waals surface area contributed by atoms with Crippen molar-refractivity contribution in [1.29, 1.82) is 0 Å². The zero-order valence-electron chi connectivity index (χ0n) is 17.0. The monoisotopic (exact) mass is 416 g/mol. The molecule has 0 aliphatic carbocycles. The molecule has 7 heteroatoms. The summed E-state index contributed by atoms with van der Waals surface area (Å²) >= 11 is 0. The van der Waals surface area contributed by atoms with Crippen LogP contribution in [0.15, 0.2) is 41.3 Å². The van der Waals surface area contributed by atoms with Crippen molar-refractivity contribution in [2.45, 2.75) is 37.6 Å². The van der Waals surface area contributed by atoms with Gasteiger partial charge in [-0.15, -0.1) is 0 Å². The van der Waals surface area contributed by atoms with Crippen LogP contribution in [-0.4, -0.2) is 46.2 Å². The summed E-state index contributed by atoms with van der Waals surface area (Å²) in [6.07, 6.45) is 2.16. The summed E-state index contributed by atoms with van der Waals surface area (Å²) < 4.78 is 39.5. The van der Waals surface area contributed by atoms with Gasteiger partial charge in [-0.05, 0) is 62.6 Å². The Morgan fingerprint density at radius 3 is 2.66 bits per heavy atom. The van der Waals surface area contributed by atoms with Crippen molar-refractivity contribution in [2.24, 2.45) is 0 Å². The third-order valence-corrected chi connectivity index (χ3v) is 7.25. The van der Waals surface area contributed by atoms with Crippen molar-refractivity contribution >= 4 is 10.0 Å². The summed E-state index contributed by atoms with van der Waals surface area (Å²) in [5.41, 5.74) is 3.03. The minimum Gasteiger partial charge on any atom is -0.486 e. The fourth-order valence-electron chi connectivity index (χ4n) is 4.24. The summed E-state index contributed by atoms with van der Waals surface area (Å²) in [5, 5.41) is 0. The Morgan fingerprint density at radius 2 is 1.86 bits per heavy atom. The third kappa shape index (κ3) is 4.42. The molecule has 6 nitrogen and oxygen atoms in total. The van der Waals surface area contributed by atoms with E-state index in [4.69, 9.17) is 9.47 Å². The summed E-state index contributed by atoms with van der Waals surface area (Å²) in [4.78, 5) is 2.70. The molecule has 1 saturated heterocycles. The van der Waals surface area contributed by atoms with Gasteiger partial charge in [0.05, 0.1) is 4.90 Å². The van der Waals surface area contributed by atoms with E-state index in [0.717, 1.165) is 42.0 Å². The van der Waals surface area contributed by atoms with Crippen molar-refractivity contribution in [1.82, 2.24) is 9.62 Å². The van der Waals surface area contributed by atoms with Crippen LogP contribution >= 0.6 is 0 Å². The number of aryl methyl sites for hydroxylation is 2. The first-order chi connectivity index (χ1) is 13.9. The molecular weight excluding hydrogens is 388 g/mol. The van der Waals surface area contributed by atoms with E-state index in [0.29, 0.717) is 31.2 Å². The molecule has 1 N–H and O–H groups in total. The molecule has 156 valence electrons. The number of fused-ring (bicyclic) bond motifs is 1. The molecule has 0 aromatic heterocycles. The van der Waals surface area contributed by atoms with Crippen molar-refractivity contribution in [3.05, 3.63) is 53.1 Å². The predicted octanol–water partition coefficient (Wildman–Crippen LogP) is 3.19. The van der Waals surface area contributed by atoms with E-state index < -0.39 is 10.0 Å². The van der Waals surface area contributed by atoms with Crippen LogP contribution in [-0.2, 0) is 10.0 Å². The largest absolute Gasteiger partial charge is 0.486 e. The first kappa shape index (κ1) is 20.2. The zero-order valence-corrected chi connectivity index (χ0v) is 17.8. The SMILES string of the molecule is Cc1ccc(S(=O)(=O)NCCN2CCCC2c2ccc3c(c2)OCCO3)c(C)c1. The lowest BCUT2D eigenvalue weighted by molar-refractivity contribution is 0.170. The maximum atomic E-state index is 12.7. The third-order valence-electron chi connectivity index (χ3n) is 5.63. The second-order valence-corrected chi connectivity index (χ2v) is 9.50. The van der Waals surface area contributed by atoms with E-state index in [2.05, 4.69) is 21.8 Å². The molecule has 0 bridgehead atoms. The van der Waals surface area contributed by atoms with Gasteiger partial charge in [-0.3, -0.25) is 4.90 Å². The van der Waals surface area contributed by atoms with E-state index in [9.17, 15) is 8.42 Å². The van der Waals surface area contributed by atoms with Crippen molar-refractivity contribution < 1.29 is 17.9 Å². The number of hydrogen-bond donors (Lipinski definition) is 1. The maximum absolute atomic E-state index is 12.7. The predicted molar refractivity (Wildman–Crippen MR) is 112 cm³/mol. The molecule has 2 heterocycles. The Bertz CT molecular complexity index is 990. The van der Waals surface area contributed by atoms with Gasteiger partial charge in [0.2, 0.25) is 10.0 Å². The summed E-state index contributed by atoms with van der Waals surface area (Å²) in [6, 6.07) is 11.8. The molecule has 0 amide bonds. The highest BCUT2D eigenvalue weighted by Gasteiger charge is 2.27. The lowest BCUT2D eigenvalue weighted by Gasteiger charge is -2.26. The van der Waals surface area contributed by atoms with Crippen LogP contribution in [0.25, 0.3) is 0 Å². The van der Waals surface area contributed by atoms with Crippen LogP contribution in [0.3, 0.4) is 0 Å². The smallest absolute Gasteiger partial charge is 0.240 e. The quantitative estimate of drug-likeness (QED) is 0.783. The minimum atomic E-state index is -3.51. The second kappa shape index (κ2) is 8.34. The highest BCUT2D eigenvalue weighted by molar-refractivity contribution is 7.89. The molecule has 2 aromatic rings. The highest BCUT2D eigenvalue weighted by Crippen LogP contribution is 2.37. The number of nitrogens with zero attached hydrogens (tertiary/aromatic N) is 1. The molecule has 2 aromatic carbocycles. The summed E-state index contributed by atoms with van der Waals surface area (Å²) in [7, 11) is -3.51.